The van der Waals surface area contributed by atoms with Crippen molar-refractivity contribution in [2.75, 3.05) is 19.6 Å². The molecule has 1 fully saturated rings. The van der Waals surface area contributed by atoms with E-state index in [2.05, 4.69) is 54.3 Å². The number of hydrogen-bond donors (Lipinski definition) is 1. The Hall–Kier alpha value is -1.01. The quantitative estimate of drug-likeness (QED) is 0.903. The monoisotopic (exact) mass is 368 g/mol. The first kappa shape index (κ1) is 16.4. The number of pyridine rings is 2. The molecule has 1 unspecified atom stereocenters. The topological polar surface area (TPSA) is 41.0 Å². The molecule has 1 aliphatic rings. The second-order valence-electron chi connectivity index (χ2n) is 4.94. The van der Waals surface area contributed by atoms with Gasteiger partial charge >= 0.3 is 0 Å². The van der Waals surface area contributed by atoms with Gasteiger partial charge in [0.1, 0.15) is 0 Å². The maximum Gasteiger partial charge on any atom is 0.0545 e. The lowest BCUT2D eigenvalue weighted by Crippen LogP contribution is -2.45. The summed E-state index contributed by atoms with van der Waals surface area (Å²) in [4.78, 5) is 11.1. The average Bonchev–Trinajstić information content (AvgIpc) is 2.51. The second-order valence-corrected chi connectivity index (χ2v) is 5.85. The molecule has 21 heavy (non-hydrogen) atoms. The molecule has 0 saturated carbocycles. The van der Waals surface area contributed by atoms with Crippen LogP contribution in [0, 0.1) is 0 Å². The van der Waals surface area contributed by atoms with E-state index in [0.29, 0.717) is 6.04 Å². The van der Waals surface area contributed by atoms with Gasteiger partial charge in [-0.1, -0.05) is 0 Å². The highest BCUT2D eigenvalue weighted by Gasteiger charge is 2.23. The maximum atomic E-state index is 4.48. The van der Waals surface area contributed by atoms with Crippen LogP contribution in [0.3, 0.4) is 0 Å². The fraction of sp³-hybridized carbons (Fsp3) is 0.333. The Bertz CT molecular complexity index is 549. The molecule has 112 valence electrons. The van der Waals surface area contributed by atoms with Gasteiger partial charge in [0.2, 0.25) is 0 Å². The third-order valence-corrected chi connectivity index (χ3v) is 4.07. The van der Waals surface area contributed by atoms with Gasteiger partial charge in [-0.05, 0) is 45.8 Å². The molecule has 0 bridgehead atoms. The number of rotatable bonds is 3. The highest BCUT2D eigenvalue weighted by molar-refractivity contribution is 9.10. The van der Waals surface area contributed by atoms with Crippen LogP contribution in [0.2, 0.25) is 0 Å². The number of aromatic nitrogens is 2. The summed E-state index contributed by atoms with van der Waals surface area (Å²) in [5, 5.41) is 3.47. The van der Waals surface area contributed by atoms with Crippen molar-refractivity contribution in [1.82, 2.24) is 20.2 Å². The summed E-state index contributed by atoms with van der Waals surface area (Å²) in [6.07, 6.45) is 5.58. The standard InChI is InChI=1S/C15H17BrN4.ClH/c16-13-1-2-14(19-9-13)11-20-8-7-18-10-15(20)12-3-5-17-6-4-12;/h1-6,9,15,18H,7-8,10-11H2;1H. The molecule has 0 spiro atoms. The minimum Gasteiger partial charge on any atom is -0.314 e. The number of nitrogens with one attached hydrogen (secondary N) is 1. The molecule has 2 aromatic heterocycles. The molecule has 6 heteroatoms. The number of nitrogens with zero attached hydrogens (tertiary/aromatic N) is 3. The van der Waals surface area contributed by atoms with Crippen LogP contribution in [0.15, 0.2) is 47.3 Å². The van der Waals surface area contributed by atoms with Crippen molar-refractivity contribution in [3.63, 3.8) is 0 Å². The molecule has 1 saturated heterocycles. The number of piperazine rings is 1. The maximum absolute atomic E-state index is 4.48. The van der Waals surface area contributed by atoms with Crippen molar-refractivity contribution in [2.24, 2.45) is 0 Å². The molecule has 1 aliphatic heterocycles. The minimum atomic E-state index is 0. The first-order valence-corrected chi connectivity index (χ1v) is 7.57. The third kappa shape index (κ3) is 4.23. The minimum absolute atomic E-state index is 0. The summed E-state index contributed by atoms with van der Waals surface area (Å²) in [5.41, 5.74) is 2.42. The molecule has 3 rings (SSSR count). The predicted octanol–water partition coefficient (Wildman–Crippen LogP) is 2.81. The Morgan fingerprint density at radius 3 is 2.76 bits per heavy atom. The van der Waals surface area contributed by atoms with Crippen LogP contribution in [-0.2, 0) is 6.54 Å². The smallest absolute Gasteiger partial charge is 0.0545 e. The summed E-state index contributed by atoms with van der Waals surface area (Å²) < 4.78 is 1.02. The van der Waals surface area contributed by atoms with Crippen LogP contribution in [0.1, 0.15) is 17.3 Å². The van der Waals surface area contributed by atoms with E-state index in [9.17, 15) is 0 Å². The normalized spacial score (nSPS) is 19.0. The lowest BCUT2D eigenvalue weighted by molar-refractivity contribution is 0.152. The van der Waals surface area contributed by atoms with Crippen LogP contribution in [0.4, 0.5) is 0 Å². The van der Waals surface area contributed by atoms with Crippen LogP contribution in [0.25, 0.3) is 0 Å². The SMILES string of the molecule is Brc1ccc(CN2CCNCC2c2ccncc2)nc1.Cl. The van der Waals surface area contributed by atoms with Crippen molar-refractivity contribution in [1.29, 1.82) is 0 Å². The highest BCUT2D eigenvalue weighted by Crippen LogP contribution is 2.23. The first-order valence-electron chi connectivity index (χ1n) is 6.78. The third-order valence-electron chi connectivity index (χ3n) is 3.60. The van der Waals surface area contributed by atoms with Gasteiger partial charge in [-0.25, -0.2) is 0 Å². The molecule has 4 nitrogen and oxygen atoms in total. The molecule has 2 aromatic rings. The van der Waals surface area contributed by atoms with E-state index < -0.39 is 0 Å². The summed E-state index contributed by atoms with van der Waals surface area (Å²) in [5.74, 6) is 0. The lowest BCUT2D eigenvalue weighted by Gasteiger charge is -2.36. The fourth-order valence-corrected chi connectivity index (χ4v) is 2.79. The molecular formula is C15H18BrClN4. The Morgan fingerprint density at radius 1 is 1.24 bits per heavy atom. The number of hydrogen-bond acceptors (Lipinski definition) is 4. The van der Waals surface area contributed by atoms with E-state index in [1.807, 2.05) is 24.7 Å². The van der Waals surface area contributed by atoms with Crippen LogP contribution in [-0.4, -0.2) is 34.5 Å². The van der Waals surface area contributed by atoms with Gasteiger partial charge in [0.15, 0.2) is 0 Å². The summed E-state index contributed by atoms with van der Waals surface area (Å²) in [7, 11) is 0. The zero-order valence-electron chi connectivity index (χ0n) is 11.6. The molecule has 1 N–H and O–H groups in total. The molecule has 0 radical (unpaired) electrons. The van der Waals surface area contributed by atoms with Crippen molar-refractivity contribution in [3.8, 4) is 0 Å². The van der Waals surface area contributed by atoms with Gasteiger partial charge in [0, 0.05) is 55.3 Å². The van der Waals surface area contributed by atoms with Gasteiger partial charge in [-0.2, -0.15) is 0 Å². The predicted molar refractivity (Wildman–Crippen MR) is 89.4 cm³/mol. The van der Waals surface area contributed by atoms with Crippen molar-refractivity contribution in [2.45, 2.75) is 12.6 Å². The Labute approximate surface area is 139 Å². The van der Waals surface area contributed by atoms with Crippen molar-refractivity contribution in [3.05, 3.63) is 58.6 Å². The van der Waals surface area contributed by atoms with E-state index in [4.69, 9.17) is 0 Å². The second kappa shape index (κ2) is 7.84. The van der Waals surface area contributed by atoms with E-state index in [0.717, 1.165) is 36.3 Å². The van der Waals surface area contributed by atoms with Crippen molar-refractivity contribution >= 4 is 28.3 Å². The van der Waals surface area contributed by atoms with Gasteiger partial charge in [-0.15, -0.1) is 12.4 Å². The highest BCUT2D eigenvalue weighted by atomic mass is 79.9. The van der Waals surface area contributed by atoms with E-state index in [-0.39, 0.29) is 12.4 Å². The summed E-state index contributed by atoms with van der Waals surface area (Å²) in [6, 6.07) is 8.71. The van der Waals surface area contributed by atoms with Crippen LogP contribution >= 0.6 is 28.3 Å². The molecule has 1 atom stereocenters. The first-order chi connectivity index (χ1) is 9.83. The van der Waals surface area contributed by atoms with Gasteiger partial charge in [-0.3, -0.25) is 14.9 Å². The Kier molecular flexibility index (Phi) is 6.11. The zero-order chi connectivity index (χ0) is 13.8. The van der Waals surface area contributed by atoms with Crippen LogP contribution < -0.4 is 5.32 Å². The average molecular weight is 370 g/mol. The largest absolute Gasteiger partial charge is 0.314 e. The molecule has 3 heterocycles. The summed E-state index contributed by atoms with van der Waals surface area (Å²) in [6.45, 7) is 3.91. The lowest BCUT2D eigenvalue weighted by atomic mass is 10.0. The van der Waals surface area contributed by atoms with Gasteiger partial charge < -0.3 is 5.32 Å². The van der Waals surface area contributed by atoms with Crippen molar-refractivity contribution < 1.29 is 0 Å². The summed E-state index contributed by atoms with van der Waals surface area (Å²) >= 11 is 3.43. The van der Waals surface area contributed by atoms with E-state index in [1.54, 1.807) is 0 Å². The number of halogens is 2. The van der Waals surface area contributed by atoms with E-state index in [1.165, 1.54) is 5.56 Å². The van der Waals surface area contributed by atoms with Gasteiger partial charge in [0.05, 0.1) is 5.69 Å². The molecule has 0 amide bonds. The molecule has 0 aliphatic carbocycles. The fourth-order valence-electron chi connectivity index (χ4n) is 2.56. The van der Waals surface area contributed by atoms with Crippen LogP contribution in [0.5, 0.6) is 0 Å². The van der Waals surface area contributed by atoms with Gasteiger partial charge in [0.25, 0.3) is 0 Å². The zero-order valence-corrected chi connectivity index (χ0v) is 14.0. The molecule has 0 aromatic carbocycles. The molecular weight excluding hydrogens is 352 g/mol. The Balaban J connectivity index is 0.00000161. The Morgan fingerprint density at radius 2 is 2.05 bits per heavy atom. The van der Waals surface area contributed by atoms with E-state index >= 15 is 0 Å².